The van der Waals surface area contributed by atoms with Crippen LogP contribution in [0.4, 0.5) is 0 Å². The SMILES string of the molecule is COc1ccc(CN(C(=O)CCCOc2ccc(C)cc2)C(C)C(=O)NC2CCCCC2)cc1. The van der Waals surface area contributed by atoms with Crippen LogP contribution in [0.25, 0.3) is 0 Å². The summed E-state index contributed by atoms with van der Waals surface area (Å²) in [4.78, 5) is 28.0. The van der Waals surface area contributed by atoms with Gasteiger partial charge in [-0.2, -0.15) is 0 Å². The normalized spacial score (nSPS) is 14.8. The molecular formula is C28H38N2O4. The number of nitrogens with one attached hydrogen (secondary N) is 1. The van der Waals surface area contributed by atoms with Crippen LogP contribution in [0.1, 0.15) is 63.0 Å². The van der Waals surface area contributed by atoms with Crippen molar-refractivity contribution in [3.63, 3.8) is 0 Å². The summed E-state index contributed by atoms with van der Waals surface area (Å²) in [6.45, 7) is 4.68. The first-order valence-electron chi connectivity index (χ1n) is 12.4. The Morgan fingerprint density at radius 1 is 1.00 bits per heavy atom. The number of carbonyl (C=O) groups excluding carboxylic acids is 2. The van der Waals surface area contributed by atoms with Crippen molar-refractivity contribution in [2.75, 3.05) is 13.7 Å². The van der Waals surface area contributed by atoms with E-state index in [1.54, 1.807) is 12.0 Å². The topological polar surface area (TPSA) is 67.9 Å². The van der Waals surface area contributed by atoms with Crippen LogP contribution in [-0.2, 0) is 16.1 Å². The molecule has 1 fully saturated rings. The first kappa shape index (κ1) is 25.6. The van der Waals surface area contributed by atoms with Crippen LogP contribution < -0.4 is 14.8 Å². The number of carbonyl (C=O) groups is 2. The molecule has 0 bridgehead atoms. The average molecular weight is 467 g/mol. The van der Waals surface area contributed by atoms with Gasteiger partial charge in [-0.3, -0.25) is 9.59 Å². The third kappa shape index (κ3) is 7.79. The van der Waals surface area contributed by atoms with Crippen LogP contribution in [0.15, 0.2) is 48.5 Å². The van der Waals surface area contributed by atoms with Gasteiger partial charge in [-0.05, 0) is 62.9 Å². The second kappa shape index (κ2) is 13.0. The molecule has 6 heteroatoms. The maximum atomic E-state index is 13.2. The molecule has 0 spiro atoms. The smallest absolute Gasteiger partial charge is 0.242 e. The quantitative estimate of drug-likeness (QED) is 0.472. The number of amides is 2. The van der Waals surface area contributed by atoms with Crippen LogP contribution in [0.3, 0.4) is 0 Å². The standard InChI is InChI=1S/C28H38N2O4/c1-21-11-15-26(16-12-21)34-19-7-10-27(31)30(20-23-13-17-25(33-3)18-14-23)22(2)28(32)29-24-8-5-4-6-9-24/h11-18,22,24H,4-10,19-20H2,1-3H3,(H,29,32). The molecule has 0 heterocycles. The van der Waals surface area contributed by atoms with Gasteiger partial charge in [0.05, 0.1) is 13.7 Å². The summed E-state index contributed by atoms with van der Waals surface area (Å²) < 4.78 is 11.0. The van der Waals surface area contributed by atoms with E-state index in [1.807, 2.05) is 62.4 Å². The molecule has 34 heavy (non-hydrogen) atoms. The number of nitrogens with zero attached hydrogens (tertiary/aromatic N) is 1. The lowest BCUT2D eigenvalue weighted by atomic mass is 9.95. The van der Waals surface area contributed by atoms with Crippen molar-refractivity contribution in [1.29, 1.82) is 0 Å². The van der Waals surface area contributed by atoms with E-state index in [1.165, 1.54) is 12.0 Å². The number of hydrogen-bond donors (Lipinski definition) is 1. The van der Waals surface area contributed by atoms with Gasteiger partial charge in [-0.1, -0.05) is 49.1 Å². The summed E-state index contributed by atoms with van der Waals surface area (Å²) in [6, 6.07) is 15.2. The first-order chi connectivity index (χ1) is 16.5. The third-order valence-corrected chi connectivity index (χ3v) is 6.46. The molecule has 3 rings (SSSR count). The van der Waals surface area contributed by atoms with Gasteiger partial charge < -0.3 is 19.7 Å². The molecule has 6 nitrogen and oxygen atoms in total. The number of ether oxygens (including phenoxy) is 2. The Labute approximate surface area is 203 Å². The zero-order valence-electron chi connectivity index (χ0n) is 20.7. The minimum atomic E-state index is -0.547. The van der Waals surface area contributed by atoms with Gasteiger partial charge in [0.1, 0.15) is 17.5 Å². The first-order valence-corrected chi connectivity index (χ1v) is 12.4. The molecule has 2 aromatic carbocycles. The number of benzene rings is 2. The van der Waals surface area contributed by atoms with Gasteiger partial charge in [0.25, 0.3) is 0 Å². The van der Waals surface area contributed by atoms with Crippen molar-refractivity contribution in [1.82, 2.24) is 10.2 Å². The summed E-state index contributed by atoms with van der Waals surface area (Å²) in [5.41, 5.74) is 2.14. The van der Waals surface area contributed by atoms with Crippen molar-refractivity contribution in [2.45, 2.75) is 77.4 Å². The number of aryl methyl sites for hydroxylation is 1. The van der Waals surface area contributed by atoms with Crippen LogP contribution in [0.2, 0.25) is 0 Å². The van der Waals surface area contributed by atoms with E-state index in [-0.39, 0.29) is 17.9 Å². The zero-order chi connectivity index (χ0) is 24.3. The monoisotopic (exact) mass is 466 g/mol. The van der Waals surface area contributed by atoms with Crippen molar-refractivity contribution in [3.8, 4) is 11.5 Å². The van der Waals surface area contributed by atoms with Gasteiger partial charge in [0.2, 0.25) is 11.8 Å². The number of methoxy groups -OCH3 is 1. The largest absolute Gasteiger partial charge is 0.497 e. The predicted molar refractivity (Wildman–Crippen MR) is 134 cm³/mol. The lowest BCUT2D eigenvalue weighted by Crippen LogP contribution is -2.50. The highest BCUT2D eigenvalue weighted by Gasteiger charge is 2.27. The number of rotatable bonds is 11. The van der Waals surface area contributed by atoms with Crippen molar-refractivity contribution in [3.05, 3.63) is 59.7 Å². The summed E-state index contributed by atoms with van der Waals surface area (Å²) in [7, 11) is 1.63. The van der Waals surface area contributed by atoms with Crippen LogP contribution >= 0.6 is 0 Å². The van der Waals surface area contributed by atoms with Gasteiger partial charge in [0.15, 0.2) is 0 Å². The summed E-state index contributed by atoms with van der Waals surface area (Å²) in [5.74, 6) is 1.44. The van der Waals surface area contributed by atoms with Crippen molar-refractivity contribution < 1.29 is 19.1 Å². The predicted octanol–water partition coefficient (Wildman–Crippen LogP) is 5.03. The third-order valence-electron chi connectivity index (χ3n) is 6.46. The van der Waals surface area contributed by atoms with E-state index in [0.29, 0.717) is 26.0 Å². The van der Waals surface area contributed by atoms with Gasteiger partial charge >= 0.3 is 0 Å². The van der Waals surface area contributed by atoms with E-state index < -0.39 is 6.04 Å². The van der Waals surface area contributed by atoms with E-state index in [9.17, 15) is 9.59 Å². The minimum Gasteiger partial charge on any atom is -0.497 e. The van der Waals surface area contributed by atoms with Gasteiger partial charge in [-0.25, -0.2) is 0 Å². The second-order valence-corrected chi connectivity index (χ2v) is 9.15. The van der Waals surface area contributed by atoms with Crippen LogP contribution in [0, 0.1) is 6.92 Å². The highest BCUT2D eigenvalue weighted by atomic mass is 16.5. The summed E-state index contributed by atoms with van der Waals surface area (Å²) in [5, 5.41) is 3.17. The van der Waals surface area contributed by atoms with E-state index in [0.717, 1.165) is 42.7 Å². The van der Waals surface area contributed by atoms with Crippen LogP contribution in [-0.4, -0.2) is 42.5 Å². The Morgan fingerprint density at radius 3 is 2.29 bits per heavy atom. The fourth-order valence-electron chi connectivity index (χ4n) is 4.27. The molecule has 0 radical (unpaired) electrons. The maximum absolute atomic E-state index is 13.2. The highest BCUT2D eigenvalue weighted by molar-refractivity contribution is 5.87. The molecule has 0 aromatic heterocycles. The second-order valence-electron chi connectivity index (χ2n) is 9.15. The Balaban J connectivity index is 1.60. The minimum absolute atomic E-state index is 0.0466. The molecule has 1 saturated carbocycles. The molecule has 184 valence electrons. The molecule has 1 unspecified atom stereocenters. The highest BCUT2D eigenvalue weighted by Crippen LogP contribution is 2.19. The molecule has 1 atom stereocenters. The Bertz CT molecular complexity index is 905. The molecule has 1 aliphatic carbocycles. The van der Waals surface area contributed by atoms with Gasteiger partial charge in [0, 0.05) is 19.0 Å². The molecule has 0 saturated heterocycles. The molecule has 1 aliphatic rings. The fraction of sp³-hybridized carbons (Fsp3) is 0.500. The summed E-state index contributed by atoms with van der Waals surface area (Å²) in [6.07, 6.45) is 6.46. The van der Waals surface area contributed by atoms with E-state index >= 15 is 0 Å². The Hall–Kier alpha value is -3.02. The number of hydrogen-bond acceptors (Lipinski definition) is 4. The fourth-order valence-corrected chi connectivity index (χ4v) is 4.27. The van der Waals surface area contributed by atoms with E-state index in [4.69, 9.17) is 9.47 Å². The molecule has 2 amide bonds. The van der Waals surface area contributed by atoms with Crippen molar-refractivity contribution >= 4 is 11.8 Å². The van der Waals surface area contributed by atoms with Gasteiger partial charge in [-0.15, -0.1) is 0 Å². The van der Waals surface area contributed by atoms with Crippen LogP contribution in [0.5, 0.6) is 11.5 Å². The Kier molecular flexibility index (Phi) is 9.80. The maximum Gasteiger partial charge on any atom is 0.242 e. The van der Waals surface area contributed by atoms with E-state index in [2.05, 4.69) is 5.32 Å². The zero-order valence-corrected chi connectivity index (χ0v) is 20.7. The average Bonchev–Trinajstić information content (AvgIpc) is 2.86. The lowest BCUT2D eigenvalue weighted by Gasteiger charge is -2.31. The lowest BCUT2D eigenvalue weighted by molar-refractivity contribution is -0.141. The molecule has 0 aliphatic heterocycles. The summed E-state index contributed by atoms with van der Waals surface area (Å²) >= 11 is 0. The van der Waals surface area contributed by atoms with Crippen molar-refractivity contribution in [2.24, 2.45) is 0 Å². The molecular weight excluding hydrogens is 428 g/mol. The molecule has 1 N–H and O–H groups in total. The molecule has 2 aromatic rings. The Morgan fingerprint density at radius 2 is 1.65 bits per heavy atom.